The van der Waals surface area contributed by atoms with E-state index in [1.54, 1.807) is 12.1 Å². The number of aryl methyl sites for hydroxylation is 1. The number of hydrazine groups is 1. The average Bonchev–Trinajstić information content (AvgIpc) is 2.38. The summed E-state index contributed by atoms with van der Waals surface area (Å²) in [6.45, 7) is 1.92. The van der Waals surface area contributed by atoms with Gasteiger partial charge >= 0.3 is 0 Å². The summed E-state index contributed by atoms with van der Waals surface area (Å²) in [7, 11) is 0. The summed E-state index contributed by atoms with van der Waals surface area (Å²) in [5, 5.41) is 0.436. The maximum absolute atomic E-state index is 11.8. The van der Waals surface area contributed by atoms with Gasteiger partial charge in [-0.15, -0.1) is 0 Å². The molecule has 1 aromatic heterocycles. The van der Waals surface area contributed by atoms with Crippen LogP contribution in [0.1, 0.15) is 15.9 Å². The van der Waals surface area contributed by atoms with Crippen molar-refractivity contribution in [2.75, 3.05) is 5.43 Å². The van der Waals surface area contributed by atoms with Crippen molar-refractivity contribution < 1.29 is 4.79 Å². The largest absolute Gasteiger partial charge is 0.269 e. The van der Waals surface area contributed by atoms with Crippen LogP contribution in [0.4, 0.5) is 5.95 Å². The molecule has 1 heterocycles. The van der Waals surface area contributed by atoms with Gasteiger partial charge in [-0.05, 0) is 19.1 Å². The van der Waals surface area contributed by atoms with Crippen molar-refractivity contribution in [1.29, 1.82) is 0 Å². The Bertz CT molecular complexity index is 556. The molecule has 0 aliphatic heterocycles. The summed E-state index contributed by atoms with van der Waals surface area (Å²) >= 11 is 5.65. The number of nitrogens with zero attached hydrogens (tertiary/aromatic N) is 2. The molecule has 18 heavy (non-hydrogen) atoms. The fourth-order valence-corrected chi connectivity index (χ4v) is 1.45. The monoisotopic (exact) mass is 262 g/mol. The van der Waals surface area contributed by atoms with Crippen molar-refractivity contribution >= 4 is 23.5 Å². The average molecular weight is 263 g/mol. The molecular weight excluding hydrogens is 252 g/mol. The zero-order chi connectivity index (χ0) is 13.0. The highest BCUT2D eigenvalue weighted by Crippen LogP contribution is 2.06. The van der Waals surface area contributed by atoms with E-state index >= 15 is 0 Å². The topological polar surface area (TPSA) is 66.9 Å². The van der Waals surface area contributed by atoms with Crippen LogP contribution in [0.5, 0.6) is 0 Å². The van der Waals surface area contributed by atoms with Gasteiger partial charge in [-0.1, -0.05) is 29.3 Å². The van der Waals surface area contributed by atoms with E-state index in [0.29, 0.717) is 10.6 Å². The van der Waals surface area contributed by atoms with Gasteiger partial charge < -0.3 is 0 Å². The number of rotatable bonds is 3. The fourth-order valence-electron chi connectivity index (χ4n) is 1.35. The number of nitrogens with one attached hydrogen (secondary N) is 2. The molecule has 2 aromatic rings. The molecule has 5 nitrogen and oxygen atoms in total. The van der Waals surface area contributed by atoms with Crippen LogP contribution >= 0.6 is 11.6 Å². The number of carbonyl (C=O) groups excluding carboxylic acids is 1. The zero-order valence-corrected chi connectivity index (χ0v) is 10.4. The normalized spacial score (nSPS) is 9.89. The molecule has 0 atom stereocenters. The van der Waals surface area contributed by atoms with E-state index in [0.717, 1.165) is 5.56 Å². The first-order valence-corrected chi connectivity index (χ1v) is 5.63. The minimum absolute atomic E-state index is 0.253. The Morgan fingerprint density at radius 3 is 2.67 bits per heavy atom. The van der Waals surface area contributed by atoms with Gasteiger partial charge in [0.15, 0.2) is 0 Å². The highest BCUT2D eigenvalue weighted by atomic mass is 35.5. The third-order valence-corrected chi connectivity index (χ3v) is 2.38. The number of hydrogen-bond donors (Lipinski definition) is 2. The smallest absolute Gasteiger partial charge is 0.267 e. The lowest BCUT2D eigenvalue weighted by atomic mass is 10.1. The molecule has 1 aromatic carbocycles. The first-order chi connectivity index (χ1) is 8.65. The Morgan fingerprint density at radius 2 is 2.00 bits per heavy atom. The van der Waals surface area contributed by atoms with Gasteiger partial charge in [0.2, 0.25) is 5.95 Å². The SMILES string of the molecule is Cc1cccc(C(=O)NNc2ncc(Cl)cn2)c1. The Kier molecular flexibility index (Phi) is 3.74. The molecule has 2 rings (SSSR count). The Hall–Kier alpha value is -2.14. The number of aromatic nitrogens is 2. The predicted molar refractivity (Wildman–Crippen MR) is 69.3 cm³/mol. The lowest BCUT2D eigenvalue weighted by Crippen LogP contribution is -2.30. The van der Waals surface area contributed by atoms with Crippen molar-refractivity contribution in [1.82, 2.24) is 15.4 Å². The lowest BCUT2D eigenvalue weighted by Gasteiger charge is -2.07. The number of hydrogen-bond acceptors (Lipinski definition) is 4. The molecular formula is C12H11ClN4O. The summed E-state index contributed by atoms with van der Waals surface area (Å²) in [6, 6.07) is 7.27. The van der Waals surface area contributed by atoms with Gasteiger partial charge in [0.1, 0.15) is 0 Å². The minimum Gasteiger partial charge on any atom is -0.267 e. The Labute approximate surface area is 109 Å². The summed E-state index contributed by atoms with van der Waals surface area (Å²) in [4.78, 5) is 19.6. The lowest BCUT2D eigenvalue weighted by molar-refractivity contribution is 0.0962. The second-order valence-corrected chi connectivity index (χ2v) is 4.11. The van der Waals surface area contributed by atoms with E-state index in [9.17, 15) is 4.79 Å². The van der Waals surface area contributed by atoms with Crippen LogP contribution in [0.15, 0.2) is 36.7 Å². The molecule has 0 saturated heterocycles. The molecule has 0 radical (unpaired) electrons. The predicted octanol–water partition coefficient (Wildman–Crippen LogP) is 2.20. The molecule has 0 bridgehead atoms. The highest BCUT2D eigenvalue weighted by molar-refractivity contribution is 6.30. The second kappa shape index (κ2) is 5.46. The molecule has 0 fully saturated rings. The molecule has 1 amide bonds. The van der Waals surface area contributed by atoms with Crippen LogP contribution in [-0.4, -0.2) is 15.9 Å². The number of anilines is 1. The highest BCUT2D eigenvalue weighted by Gasteiger charge is 2.05. The van der Waals surface area contributed by atoms with E-state index in [-0.39, 0.29) is 11.9 Å². The van der Waals surface area contributed by atoms with E-state index in [1.165, 1.54) is 12.4 Å². The third kappa shape index (κ3) is 3.18. The molecule has 2 N–H and O–H groups in total. The number of carbonyl (C=O) groups is 1. The van der Waals surface area contributed by atoms with Crippen LogP contribution in [-0.2, 0) is 0 Å². The minimum atomic E-state index is -0.253. The van der Waals surface area contributed by atoms with E-state index in [2.05, 4.69) is 20.8 Å². The van der Waals surface area contributed by atoms with E-state index < -0.39 is 0 Å². The van der Waals surface area contributed by atoms with Crippen molar-refractivity contribution in [2.45, 2.75) is 6.92 Å². The molecule has 0 aliphatic carbocycles. The van der Waals surface area contributed by atoms with E-state index in [1.807, 2.05) is 19.1 Å². The maximum atomic E-state index is 11.8. The van der Waals surface area contributed by atoms with Crippen LogP contribution in [0.2, 0.25) is 5.02 Å². The van der Waals surface area contributed by atoms with Crippen LogP contribution in [0, 0.1) is 6.92 Å². The standard InChI is InChI=1S/C12H11ClN4O/c1-8-3-2-4-9(5-8)11(18)16-17-12-14-6-10(13)7-15-12/h2-7H,1H3,(H,16,18)(H,14,15,17). The zero-order valence-electron chi connectivity index (χ0n) is 9.64. The van der Waals surface area contributed by atoms with Gasteiger partial charge in [0, 0.05) is 5.56 Å². The van der Waals surface area contributed by atoms with Crippen molar-refractivity contribution in [3.8, 4) is 0 Å². The van der Waals surface area contributed by atoms with Crippen molar-refractivity contribution in [3.63, 3.8) is 0 Å². The molecule has 92 valence electrons. The Morgan fingerprint density at radius 1 is 1.28 bits per heavy atom. The summed E-state index contributed by atoms with van der Waals surface area (Å²) in [5.41, 5.74) is 6.70. The molecule has 0 unspecified atom stereocenters. The fraction of sp³-hybridized carbons (Fsp3) is 0.0833. The number of amides is 1. The third-order valence-electron chi connectivity index (χ3n) is 2.19. The summed E-state index contributed by atoms with van der Waals surface area (Å²) in [6.07, 6.45) is 2.88. The molecule has 6 heteroatoms. The van der Waals surface area contributed by atoms with Gasteiger partial charge in [-0.2, -0.15) is 0 Å². The van der Waals surface area contributed by atoms with Crippen LogP contribution < -0.4 is 10.9 Å². The first-order valence-electron chi connectivity index (χ1n) is 5.26. The van der Waals surface area contributed by atoms with Gasteiger partial charge in [0.25, 0.3) is 5.91 Å². The molecule has 0 aliphatic rings. The van der Waals surface area contributed by atoms with E-state index in [4.69, 9.17) is 11.6 Å². The van der Waals surface area contributed by atoms with Gasteiger partial charge in [-0.25, -0.2) is 9.97 Å². The first kappa shape index (κ1) is 12.3. The van der Waals surface area contributed by atoms with Crippen molar-refractivity contribution in [2.24, 2.45) is 0 Å². The number of benzene rings is 1. The second-order valence-electron chi connectivity index (χ2n) is 3.67. The number of halogens is 1. The maximum Gasteiger partial charge on any atom is 0.269 e. The van der Waals surface area contributed by atoms with Crippen LogP contribution in [0.3, 0.4) is 0 Å². The summed E-state index contributed by atoms with van der Waals surface area (Å²) in [5.74, 6) is 0.0256. The van der Waals surface area contributed by atoms with Crippen LogP contribution in [0.25, 0.3) is 0 Å². The van der Waals surface area contributed by atoms with Gasteiger partial charge in [0.05, 0.1) is 17.4 Å². The summed E-state index contributed by atoms with van der Waals surface area (Å²) < 4.78 is 0. The molecule has 0 spiro atoms. The molecule has 0 saturated carbocycles. The van der Waals surface area contributed by atoms with Crippen molar-refractivity contribution in [3.05, 3.63) is 52.8 Å². The Balaban J connectivity index is 1.98. The van der Waals surface area contributed by atoms with Gasteiger partial charge in [-0.3, -0.25) is 15.6 Å². The quantitative estimate of drug-likeness (QED) is 0.832.